The van der Waals surface area contributed by atoms with Crippen LogP contribution in [0.15, 0.2) is 54.6 Å². The molecule has 0 aromatic heterocycles. The van der Waals surface area contributed by atoms with Gasteiger partial charge in [-0.2, -0.15) is 0 Å². The first-order valence-electron chi connectivity index (χ1n) is 8.81. The lowest BCUT2D eigenvalue weighted by molar-refractivity contribution is -0.129. The molecule has 0 unspecified atom stereocenters. The first kappa shape index (κ1) is 22.6. The van der Waals surface area contributed by atoms with Crippen molar-refractivity contribution in [3.8, 4) is 0 Å². The number of primary amides is 1. The molecule has 2 aromatic rings. The molecular weight excluding hydrogens is 489 g/mol. The Kier molecular flexibility index (Phi) is 8.87. The molecule has 2 atom stereocenters. The lowest BCUT2D eigenvalue weighted by Gasteiger charge is -2.20. The van der Waals surface area contributed by atoms with E-state index in [1.165, 1.54) is 0 Å². The third kappa shape index (κ3) is 7.70. The molecule has 0 heterocycles. The Morgan fingerprint density at radius 1 is 0.966 bits per heavy atom. The highest BCUT2D eigenvalue weighted by atomic mass is 127. The van der Waals surface area contributed by atoms with Crippen molar-refractivity contribution < 1.29 is 24.2 Å². The van der Waals surface area contributed by atoms with E-state index in [2.05, 4.69) is 33.2 Å². The smallest absolute Gasteiger partial charge is 0.408 e. The fourth-order valence-corrected chi connectivity index (χ4v) is 2.81. The monoisotopic (exact) mass is 511 g/mol. The number of ether oxygens (including phenoxy) is 1. The summed E-state index contributed by atoms with van der Waals surface area (Å²) in [5, 5.41) is 14.2. The summed E-state index contributed by atoms with van der Waals surface area (Å²) in [6.45, 7) is -0.648. The maximum absolute atomic E-state index is 12.4. The minimum absolute atomic E-state index is 0.0170. The second-order valence-electron chi connectivity index (χ2n) is 6.24. The third-order valence-electron chi connectivity index (χ3n) is 4.02. The van der Waals surface area contributed by atoms with Crippen LogP contribution < -0.4 is 16.4 Å². The number of alkyl carbamates (subject to hydrolysis) is 1. The van der Waals surface area contributed by atoms with Crippen LogP contribution in [-0.4, -0.2) is 41.7 Å². The number of nitrogens with one attached hydrogen (secondary N) is 2. The van der Waals surface area contributed by atoms with E-state index in [-0.39, 0.29) is 13.0 Å². The van der Waals surface area contributed by atoms with Gasteiger partial charge < -0.3 is 26.2 Å². The van der Waals surface area contributed by atoms with E-state index in [9.17, 15) is 19.5 Å². The Balaban J connectivity index is 1.91. The number of benzene rings is 2. The second-order valence-corrected chi connectivity index (χ2v) is 7.48. The van der Waals surface area contributed by atoms with E-state index in [0.29, 0.717) is 0 Å². The SMILES string of the molecule is NC(=O)[C@H](Cc1ccc(I)cc1)NC(=O)[C@H](CO)NC(=O)OCc1ccccc1. The number of hydrogen-bond donors (Lipinski definition) is 4. The lowest BCUT2D eigenvalue weighted by atomic mass is 10.1. The zero-order chi connectivity index (χ0) is 21.2. The summed E-state index contributed by atoms with van der Waals surface area (Å²) in [6, 6.07) is 14.1. The van der Waals surface area contributed by atoms with Crippen molar-refractivity contribution in [2.75, 3.05) is 6.61 Å². The maximum Gasteiger partial charge on any atom is 0.408 e. The molecule has 8 nitrogen and oxygen atoms in total. The molecule has 9 heteroatoms. The number of rotatable bonds is 9. The van der Waals surface area contributed by atoms with Crippen LogP contribution in [0.5, 0.6) is 0 Å². The highest BCUT2D eigenvalue weighted by molar-refractivity contribution is 14.1. The van der Waals surface area contributed by atoms with E-state index in [0.717, 1.165) is 14.7 Å². The van der Waals surface area contributed by atoms with Crippen molar-refractivity contribution in [2.24, 2.45) is 5.73 Å². The molecule has 5 N–H and O–H groups in total. The van der Waals surface area contributed by atoms with Crippen LogP contribution in [0, 0.1) is 3.57 Å². The summed E-state index contributed by atoms with van der Waals surface area (Å²) in [6.07, 6.45) is -0.675. The minimum Gasteiger partial charge on any atom is -0.445 e. The van der Waals surface area contributed by atoms with Gasteiger partial charge >= 0.3 is 6.09 Å². The second kappa shape index (κ2) is 11.4. The molecule has 2 aromatic carbocycles. The van der Waals surface area contributed by atoms with Crippen LogP contribution in [0.1, 0.15) is 11.1 Å². The Morgan fingerprint density at radius 3 is 2.21 bits per heavy atom. The molecule has 0 bridgehead atoms. The standard InChI is InChI=1S/C20H22IN3O5/c21-15-8-6-13(7-9-15)10-16(18(22)26)23-19(27)17(11-25)24-20(28)29-12-14-4-2-1-3-5-14/h1-9,16-17,25H,10-12H2,(H2,22,26)(H,23,27)(H,24,28)/t16-,17-/m0/s1. The number of carbonyl (C=O) groups is 3. The molecule has 0 spiro atoms. The summed E-state index contributed by atoms with van der Waals surface area (Å²) in [7, 11) is 0. The number of nitrogens with two attached hydrogens (primary N) is 1. The predicted octanol–water partition coefficient (Wildman–Crippen LogP) is 1.09. The Bertz CT molecular complexity index is 830. The zero-order valence-corrected chi connectivity index (χ0v) is 17.7. The van der Waals surface area contributed by atoms with E-state index < -0.39 is 36.6 Å². The Labute approximate surface area is 182 Å². The van der Waals surface area contributed by atoms with Gasteiger partial charge in [-0.25, -0.2) is 4.79 Å². The molecule has 29 heavy (non-hydrogen) atoms. The van der Waals surface area contributed by atoms with Gasteiger partial charge in [-0.1, -0.05) is 42.5 Å². The van der Waals surface area contributed by atoms with Crippen molar-refractivity contribution in [3.05, 3.63) is 69.3 Å². The van der Waals surface area contributed by atoms with Gasteiger partial charge in [-0.05, 0) is 45.9 Å². The van der Waals surface area contributed by atoms with Gasteiger partial charge in [0.25, 0.3) is 0 Å². The molecule has 0 aliphatic carbocycles. The van der Waals surface area contributed by atoms with Gasteiger partial charge in [0.2, 0.25) is 11.8 Å². The molecule has 3 amide bonds. The van der Waals surface area contributed by atoms with Crippen LogP contribution in [0.25, 0.3) is 0 Å². The van der Waals surface area contributed by atoms with Gasteiger partial charge in [0.1, 0.15) is 18.7 Å². The summed E-state index contributed by atoms with van der Waals surface area (Å²) in [5.41, 5.74) is 6.98. The maximum atomic E-state index is 12.4. The van der Waals surface area contributed by atoms with E-state index >= 15 is 0 Å². The van der Waals surface area contributed by atoms with Crippen molar-refractivity contribution in [3.63, 3.8) is 0 Å². The largest absolute Gasteiger partial charge is 0.445 e. The molecule has 0 radical (unpaired) electrons. The fourth-order valence-electron chi connectivity index (χ4n) is 2.45. The zero-order valence-electron chi connectivity index (χ0n) is 15.5. The highest BCUT2D eigenvalue weighted by Gasteiger charge is 2.25. The van der Waals surface area contributed by atoms with Crippen molar-refractivity contribution in [1.82, 2.24) is 10.6 Å². The fraction of sp³-hybridized carbons (Fsp3) is 0.250. The topological polar surface area (TPSA) is 131 Å². The van der Waals surface area contributed by atoms with Crippen LogP contribution in [0.3, 0.4) is 0 Å². The van der Waals surface area contributed by atoms with E-state index in [1.54, 1.807) is 24.3 Å². The molecule has 2 rings (SSSR count). The van der Waals surface area contributed by atoms with Crippen LogP contribution in [-0.2, 0) is 27.4 Å². The number of halogens is 1. The van der Waals surface area contributed by atoms with Crippen LogP contribution >= 0.6 is 22.6 Å². The van der Waals surface area contributed by atoms with E-state index in [1.807, 2.05) is 30.3 Å². The Morgan fingerprint density at radius 2 is 1.62 bits per heavy atom. The number of aliphatic hydroxyl groups is 1. The Hall–Kier alpha value is -2.66. The summed E-state index contributed by atoms with van der Waals surface area (Å²) < 4.78 is 6.07. The van der Waals surface area contributed by atoms with Gasteiger partial charge in [-0.3, -0.25) is 9.59 Å². The van der Waals surface area contributed by atoms with Gasteiger partial charge in [0.15, 0.2) is 0 Å². The minimum atomic E-state index is -1.28. The summed E-state index contributed by atoms with van der Waals surface area (Å²) in [4.78, 5) is 36.0. The molecule has 0 saturated carbocycles. The lowest BCUT2D eigenvalue weighted by Crippen LogP contribution is -2.54. The number of amides is 3. The van der Waals surface area contributed by atoms with Gasteiger partial charge in [0, 0.05) is 9.99 Å². The number of carbonyl (C=O) groups excluding carboxylic acids is 3. The quantitative estimate of drug-likeness (QED) is 0.375. The van der Waals surface area contributed by atoms with Gasteiger partial charge in [0.05, 0.1) is 6.61 Å². The predicted molar refractivity (Wildman–Crippen MR) is 115 cm³/mol. The summed E-state index contributed by atoms with van der Waals surface area (Å²) in [5.74, 6) is -1.46. The van der Waals surface area contributed by atoms with E-state index in [4.69, 9.17) is 10.5 Å². The molecule has 0 fully saturated rings. The van der Waals surface area contributed by atoms with Crippen LogP contribution in [0.2, 0.25) is 0 Å². The van der Waals surface area contributed by atoms with Crippen molar-refractivity contribution in [2.45, 2.75) is 25.1 Å². The first-order valence-corrected chi connectivity index (χ1v) is 9.89. The molecule has 154 valence electrons. The van der Waals surface area contributed by atoms with Crippen LogP contribution in [0.4, 0.5) is 4.79 Å². The molecule has 0 aliphatic rings. The number of aliphatic hydroxyl groups excluding tert-OH is 1. The third-order valence-corrected chi connectivity index (χ3v) is 4.74. The average molecular weight is 511 g/mol. The average Bonchev–Trinajstić information content (AvgIpc) is 2.72. The molecule has 0 saturated heterocycles. The molecule has 0 aliphatic heterocycles. The highest BCUT2D eigenvalue weighted by Crippen LogP contribution is 2.09. The van der Waals surface area contributed by atoms with Gasteiger partial charge in [-0.15, -0.1) is 0 Å². The summed E-state index contributed by atoms with van der Waals surface area (Å²) >= 11 is 2.16. The van der Waals surface area contributed by atoms with Crippen molar-refractivity contribution in [1.29, 1.82) is 0 Å². The number of hydrogen-bond acceptors (Lipinski definition) is 5. The normalized spacial score (nSPS) is 12.5. The van der Waals surface area contributed by atoms with Crippen molar-refractivity contribution >= 4 is 40.5 Å². The molecular formula is C20H22IN3O5. The first-order chi connectivity index (χ1) is 13.9.